The highest BCUT2D eigenvalue weighted by atomic mass is 32.2. The van der Waals surface area contributed by atoms with Crippen LogP contribution in [0.25, 0.3) is 10.7 Å². The quantitative estimate of drug-likeness (QED) is 0.285. The first-order valence-corrected chi connectivity index (χ1v) is 11.5. The lowest BCUT2D eigenvalue weighted by atomic mass is 10.2. The number of nitrogens with two attached hydrogens (primary N) is 1. The number of primary amides is 1. The largest absolute Gasteiger partial charge is 0.493 e. The van der Waals surface area contributed by atoms with Gasteiger partial charge in [-0.25, -0.2) is 0 Å². The molecule has 0 saturated carbocycles. The number of amides is 3. The van der Waals surface area contributed by atoms with Crippen LogP contribution in [-0.2, 0) is 16.1 Å². The monoisotopic (exact) mass is 490 g/mol. The summed E-state index contributed by atoms with van der Waals surface area (Å²) in [5, 5.41) is 10.7. The van der Waals surface area contributed by atoms with Crippen LogP contribution in [0.4, 0.5) is 0 Å². The van der Waals surface area contributed by atoms with Crippen molar-refractivity contribution in [2.45, 2.75) is 18.1 Å². The minimum absolute atomic E-state index is 0.0364. The number of rotatable bonds is 10. The number of hydrogen-bond acceptors (Lipinski definition) is 9. The van der Waals surface area contributed by atoms with Gasteiger partial charge in [0, 0.05) is 18.5 Å². The zero-order chi connectivity index (χ0) is 23.8. The van der Waals surface area contributed by atoms with Gasteiger partial charge in [0.05, 0.1) is 24.8 Å². The van der Waals surface area contributed by atoms with E-state index in [1.165, 1.54) is 31.6 Å². The Morgan fingerprint density at radius 1 is 1.12 bits per heavy atom. The van der Waals surface area contributed by atoms with E-state index >= 15 is 0 Å². The summed E-state index contributed by atoms with van der Waals surface area (Å²) in [6.07, 6.45) is 0.109. The van der Waals surface area contributed by atoms with Crippen LogP contribution < -0.4 is 26.1 Å². The summed E-state index contributed by atoms with van der Waals surface area (Å²) in [5.74, 6) is 0.0182. The molecule has 4 N–H and O–H groups in total. The Bertz CT molecular complexity index is 1130. The molecule has 11 nitrogen and oxygen atoms in total. The zero-order valence-electron chi connectivity index (χ0n) is 17.9. The van der Waals surface area contributed by atoms with E-state index in [1.807, 2.05) is 17.5 Å². The Balaban J connectivity index is 1.59. The molecular formula is C20H22N6O5S2. The number of carbonyl (C=O) groups excluding carboxylic acids is 3. The molecule has 0 aliphatic rings. The highest BCUT2D eigenvalue weighted by Crippen LogP contribution is 2.28. The first kappa shape index (κ1) is 24.1. The summed E-state index contributed by atoms with van der Waals surface area (Å²) < 4.78 is 12.1. The predicted molar refractivity (Wildman–Crippen MR) is 123 cm³/mol. The minimum Gasteiger partial charge on any atom is -0.493 e. The average molecular weight is 491 g/mol. The number of carbonyl (C=O) groups is 3. The maximum absolute atomic E-state index is 12.3. The number of methoxy groups -OCH3 is 2. The summed E-state index contributed by atoms with van der Waals surface area (Å²) in [6, 6.07) is 8.41. The molecule has 3 amide bonds. The molecule has 13 heteroatoms. The number of aromatic nitrogens is 3. The topological polar surface area (TPSA) is 150 Å². The van der Waals surface area contributed by atoms with Gasteiger partial charge in [-0.15, -0.1) is 21.5 Å². The number of ether oxygens (including phenoxy) is 2. The van der Waals surface area contributed by atoms with Crippen LogP contribution in [0.15, 0.2) is 40.9 Å². The predicted octanol–water partition coefficient (Wildman–Crippen LogP) is 1.45. The highest BCUT2D eigenvalue weighted by Gasteiger charge is 2.17. The molecule has 3 rings (SSSR count). The lowest BCUT2D eigenvalue weighted by Crippen LogP contribution is -2.42. The van der Waals surface area contributed by atoms with Gasteiger partial charge in [0.15, 0.2) is 22.5 Å². The normalized spacial score (nSPS) is 10.5. The van der Waals surface area contributed by atoms with Crippen LogP contribution in [0.3, 0.4) is 0 Å². The van der Waals surface area contributed by atoms with E-state index in [1.54, 1.807) is 16.7 Å². The first-order chi connectivity index (χ1) is 15.9. The van der Waals surface area contributed by atoms with Crippen molar-refractivity contribution >= 4 is 40.8 Å². The number of nitrogens with one attached hydrogen (secondary N) is 2. The fourth-order valence-electron chi connectivity index (χ4n) is 2.75. The van der Waals surface area contributed by atoms with Gasteiger partial charge in [0.25, 0.3) is 5.91 Å². The molecule has 0 saturated heterocycles. The number of nitrogens with zero attached hydrogens (tertiary/aromatic N) is 3. The fraction of sp³-hybridized carbons (Fsp3) is 0.250. The van der Waals surface area contributed by atoms with Gasteiger partial charge in [-0.1, -0.05) is 17.8 Å². The van der Waals surface area contributed by atoms with Crippen molar-refractivity contribution in [3.63, 3.8) is 0 Å². The maximum atomic E-state index is 12.3. The Labute approximate surface area is 197 Å². The van der Waals surface area contributed by atoms with Gasteiger partial charge in [-0.3, -0.25) is 25.2 Å². The Morgan fingerprint density at radius 2 is 1.91 bits per heavy atom. The molecule has 3 aromatic rings. The molecule has 0 atom stereocenters. The third kappa shape index (κ3) is 6.23. The standard InChI is InChI=1S/C20H22N6O5S2/c1-30-13-6-5-12(10-14(13)31-2)19(29)24-22-17(28)11-33-20-25-23-18(15-4-3-9-32-15)26(20)8-7-16(21)27/h3-6,9-10H,7-8,11H2,1-2H3,(H2,21,27)(H,22,28)(H,24,29). The van der Waals surface area contributed by atoms with Crippen molar-refractivity contribution in [3.05, 3.63) is 41.3 Å². The van der Waals surface area contributed by atoms with Gasteiger partial charge in [-0.05, 0) is 29.6 Å². The summed E-state index contributed by atoms with van der Waals surface area (Å²) in [6.45, 7) is 0.287. The summed E-state index contributed by atoms with van der Waals surface area (Å²) >= 11 is 2.61. The lowest BCUT2D eigenvalue weighted by molar-refractivity contribution is -0.119. The molecular weight excluding hydrogens is 468 g/mol. The molecule has 0 spiro atoms. The van der Waals surface area contributed by atoms with Gasteiger partial charge in [0.2, 0.25) is 11.8 Å². The fourth-order valence-corrected chi connectivity index (χ4v) is 4.23. The Hall–Kier alpha value is -3.58. The zero-order valence-corrected chi connectivity index (χ0v) is 19.5. The van der Waals surface area contributed by atoms with Gasteiger partial charge in [-0.2, -0.15) is 0 Å². The van der Waals surface area contributed by atoms with Crippen molar-refractivity contribution < 1.29 is 23.9 Å². The van der Waals surface area contributed by atoms with E-state index in [2.05, 4.69) is 21.0 Å². The minimum atomic E-state index is -0.515. The van der Waals surface area contributed by atoms with E-state index in [-0.39, 0.29) is 24.3 Å². The van der Waals surface area contributed by atoms with Crippen LogP contribution in [0.5, 0.6) is 11.5 Å². The van der Waals surface area contributed by atoms with Crippen molar-refractivity contribution in [1.29, 1.82) is 0 Å². The maximum Gasteiger partial charge on any atom is 0.269 e. The van der Waals surface area contributed by atoms with Gasteiger partial charge < -0.3 is 19.8 Å². The van der Waals surface area contributed by atoms with Crippen LogP contribution >= 0.6 is 23.1 Å². The molecule has 0 fully saturated rings. The van der Waals surface area contributed by atoms with Crippen molar-refractivity contribution in [2.24, 2.45) is 5.73 Å². The Morgan fingerprint density at radius 3 is 2.58 bits per heavy atom. The van der Waals surface area contributed by atoms with Crippen LogP contribution in [0, 0.1) is 0 Å². The van der Waals surface area contributed by atoms with Crippen molar-refractivity contribution in [3.8, 4) is 22.2 Å². The molecule has 2 aromatic heterocycles. The van der Waals surface area contributed by atoms with E-state index in [0.29, 0.717) is 22.5 Å². The van der Waals surface area contributed by atoms with Gasteiger partial charge >= 0.3 is 0 Å². The van der Waals surface area contributed by atoms with Crippen molar-refractivity contribution in [2.75, 3.05) is 20.0 Å². The second-order valence-electron chi connectivity index (χ2n) is 6.51. The molecule has 174 valence electrons. The number of benzene rings is 1. The van der Waals surface area contributed by atoms with Crippen LogP contribution in [-0.4, -0.2) is 52.5 Å². The number of thioether (sulfide) groups is 1. The summed E-state index contributed by atoms with van der Waals surface area (Å²) in [5.41, 5.74) is 10.3. The average Bonchev–Trinajstić information content (AvgIpc) is 3.48. The molecule has 0 radical (unpaired) electrons. The molecule has 2 heterocycles. The van der Waals surface area contributed by atoms with Gasteiger partial charge in [0.1, 0.15) is 0 Å². The number of hydrazine groups is 1. The number of thiophene rings is 1. The summed E-state index contributed by atoms with van der Waals surface area (Å²) in [4.78, 5) is 36.7. The molecule has 0 bridgehead atoms. The van der Waals surface area contributed by atoms with E-state index < -0.39 is 17.7 Å². The van der Waals surface area contributed by atoms with Crippen LogP contribution in [0.2, 0.25) is 0 Å². The third-order valence-corrected chi connectivity index (χ3v) is 6.17. The smallest absolute Gasteiger partial charge is 0.269 e. The second-order valence-corrected chi connectivity index (χ2v) is 8.40. The van der Waals surface area contributed by atoms with Crippen molar-refractivity contribution in [1.82, 2.24) is 25.6 Å². The number of hydrogen-bond donors (Lipinski definition) is 3. The SMILES string of the molecule is COc1ccc(C(=O)NNC(=O)CSc2nnc(-c3cccs3)n2CCC(N)=O)cc1OC. The molecule has 33 heavy (non-hydrogen) atoms. The van der Waals surface area contributed by atoms with E-state index in [0.717, 1.165) is 16.6 Å². The third-order valence-electron chi connectivity index (χ3n) is 4.33. The highest BCUT2D eigenvalue weighted by molar-refractivity contribution is 7.99. The summed E-state index contributed by atoms with van der Waals surface area (Å²) in [7, 11) is 2.96. The lowest BCUT2D eigenvalue weighted by Gasteiger charge is -2.11. The molecule has 1 aromatic carbocycles. The molecule has 0 unspecified atom stereocenters. The Kier molecular flexibility index (Phi) is 8.27. The molecule has 0 aliphatic heterocycles. The van der Waals surface area contributed by atoms with E-state index in [9.17, 15) is 14.4 Å². The van der Waals surface area contributed by atoms with E-state index in [4.69, 9.17) is 15.2 Å². The molecule has 0 aliphatic carbocycles. The second kappa shape index (κ2) is 11.3. The van der Waals surface area contributed by atoms with Crippen LogP contribution in [0.1, 0.15) is 16.8 Å². The first-order valence-electron chi connectivity index (χ1n) is 9.62.